The van der Waals surface area contributed by atoms with Crippen LogP contribution in [0.5, 0.6) is 0 Å². The first kappa shape index (κ1) is 16.7. The first-order valence-electron chi connectivity index (χ1n) is 6.95. The molecule has 1 N–H and O–H groups in total. The molecule has 0 aliphatic carbocycles. The third kappa shape index (κ3) is 4.40. The number of hydrogen-bond donors (Lipinski definition) is 1. The molecule has 120 valence electrons. The van der Waals surface area contributed by atoms with Gasteiger partial charge in [-0.1, -0.05) is 30.3 Å². The largest absolute Gasteiger partial charge is 0.468 e. The van der Waals surface area contributed by atoms with E-state index in [0.29, 0.717) is 13.0 Å². The van der Waals surface area contributed by atoms with Crippen LogP contribution in [0.25, 0.3) is 6.08 Å². The molecule has 0 saturated carbocycles. The van der Waals surface area contributed by atoms with Gasteiger partial charge in [-0.15, -0.1) is 0 Å². The lowest BCUT2D eigenvalue weighted by Crippen LogP contribution is -2.35. The molecule has 0 bridgehead atoms. The van der Waals surface area contributed by atoms with Gasteiger partial charge in [-0.25, -0.2) is 13.1 Å². The van der Waals surface area contributed by atoms with Gasteiger partial charge in [0.25, 0.3) is 0 Å². The van der Waals surface area contributed by atoms with Crippen LogP contribution in [-0.2, 0) is 19.6 Å². The summed E-state index contributed by atoms with van der Waals surface area (Å²) >= 11 is 0. The van der Waals surface area contributed by atoms with Gasteiger partial charge in [0.1, 0.15) is 6.04 Å². The molecule has 1 aliphatic heterocycles. The number of sulfonamides is 1. The Hall–Kier alpha value is -1.70. The molecule has 0 radical (unpaired) electrons. The van der Waals surface area contributed by atoms with Crippen molar-refractivity contribution in [1.82, 2.24) is 9.62 Å². The van der Waals surface area contributed by atoms with Gasteiger partial charge in [0.15, 0.2) is 0 Å². The summed E-state index contributed by atoms with van der Waals surface area (Å²) in [5.41, 5.74) is 0.809. The molecule has 22 heavy (non-hydrogen) atoms. The molecular formula is C15H20N2O4S. The van der Waals surface area contributed by atoms with E-state index in [0.717, 1.165) is 11.0 Å². The van der Waals surface area contributed by atoms with Gasteiger partial charge in [0, 0.05) is 18.0 Å². The summed E-state index contributed by atoms with van der Waals surface area (Å²) in [5, 5.41) is 1.15. The molecule has 0 aromatic heterocycles. The normalized spacial score (nSPS) is 23.0. The fraction of sp³-hybridized carbons (Fsp3) is 0.400. The maximum atomic E-state index is 12.1. The highest BCUT2D eigenvalue weighted by molar-refractivity contribution is 7.92. The van der Waals surface area contributed by atoms with Gasteiger partial charge in [0.05, 0.1) is 7.11 Å². The van der Waals surface area contributed by atoms with Crippen molar-refractivity contribution >= 4 is 22.1 Å². The summed E-state index contributed by atoms with van der Waals surface area (Å²) in [6, 6.07) is 8.48. The van der Waals surface area contributed by atoms with Crippen molar-refractivity contribution in [2.24, 2.45) is 0 Å². The molecule has 6 nitrogen and oxygen atoms in total. The van der Waals surface area contributed by atoms with E-state index in [9.17, 15) is 13.2 Å². The number of benzene rings is 1. The monoisotopic (exact) mass is 324 g/mol. The zero-order valence-electron chi connectivity index (χ0n) is 12.6. The first-order valence-corrected chi connectivity index (χ1v) is 8.49. The number of carbonyl (C=O) groups excluding carboxylic acids is 1. The summed E-state index contributed by atoms with van der Waals surface area (Å²) in [6.45, 7) is 0.470. The number of nitrogens with one attached hydrogen (secondary N) is 1. The lowest BCUT2D eigenvalue weighted by Gasteiger charge is -2.15. The number of methoxy groups -OCH3 is 1. The van der Waals surface area contributed by atoms with Gasteiger partial charge in [0.2, 0.25) is 10.0 Å². The van der Waals surface area contributed by atoms with Crippen molar-refractivity contribution in [2.75, 3.05) is 20.7 Å². The van der Waals surface area contributed by atoms with Crippen LogP contribution in [0.1, 0.15) is 12.0 Å². The van der Waals surface area contributed by atoms with Crippen molar-refractivity contribution in [3.63, 3.8) is 0 Å². The smallest absolute Gasteiger partial charge is 0.323 e. The third-order valence-electron chi connectivity index (χ3n) is 3.59. The number of hydrogen-bond acceptors (Lipinski definition) is 5. The molecule has 1 saturated heterocycles. The zero-order valence-corrected chi connectivity index (χ0v) is 13.4. The van der Waals surface area contributed by atoms with Crippen LogP contribution < -0.4 is 4.72 Å². The highest BCUT2D eigenvalue weighted by atomic mass is 32.2. The fourth-order valence-electron chi connectivity index (χ4n) is 2.50. The van der Waals surface area contributed by atoms with E-state index in [1.807, 2.05) is 30.3 Å². The van der Waals surface area contributed by atoms with E-state index in [2.05, 4.69) is 4.72 Å². The highest BCUT2D eigenvalue weighted by Gasteiger charge is 2.36. The van der Waals surface area contributed by atoms with E-state index in [1.165, 1.54) is 7.11 Å². The van der Waals surface area contributed by atoms with Crippen molar-refractivity contribution in [2.45, 2.75) is 18.5 Å². The zero-order chi connectivity index (χ0) is 16.2. The van der Waals surface area contributed by atoms with Crippen LogP contribution in [0, 0.1) is 0 Å². The van der Waals surface area contributed by atoms with Crippen molar-refractivity contribution < 1.29 is 17.9 Å². The molecule has 0 amide bonds. The van der Waals surface area contributed by atoms with Gasteiger partial charge in [-0.05, 0) is 25.1 Å². The predicted molar refractivity (Wildman–Crippen MR) is 84.4 cm³/mol. The van der Waals surface area contributed by atoms with E-state index in [4.69, 9.17) is 4.74 Å². The summed E-state index contributed by atoms with van der Waals surface area (Å²) in [7, 11) is -0.449. The van der Waals surface area contributed by atoms with E-state index >= 15 is 0 Å². The maximum absolute atomic E-state index is 12.1. The minimum atomic E-state index is -3.55. The number of esters is 1. The SMILES string of the molecule is COC(=O)[C@@H]1C[C@@H](NS(=O)(=O)/C=C/c2ccccc2)CN1C. The second-order valence-electron chi connectivity index (χ2n) is 5.29. The molecule has 1 aromatic carbocycles. The quantitative estimate of drug-likeness (QED) is 0.812. The average Bonchev–Trinajstić information content (AvgIpc) is 2.85. The Kier molecular flexibility index (Phi) is 5.33. The van der Waals surface area contributed by atoms with Crippen LogP contribution in [0.15, 0.2) is 35.7 Å². The standard InChI is InChI=1S/C15H20N2O4S/c1-17-11-13(10-14(17)15(18)21-2)16-22(19,20)9-8-12-6-4-3-5-7-12/h3-9,13-14,16H,10-11H2,1-2H3/b9-8+/t13-,14+/m1/s1. The maximum Gasteiger partial charge on any atom is 0.323 e. The molecule has 2 atom stereocenters. The number of likely N-dealkylation sites (N-methyl/N-ethyl adjacent to an activating group) is 1. The second kappa shape index (κ2) is 7.04. The van der Waals surface area contributed by atoms with Crippen molar-refractivity contribution in [1.29, 1.82) is 0 Å². The first-order chi connectivity index (χ1) is 10.4. The van der Waals surface area contributed by atoms with Gasteiger partial charge < -0.3 is 4.74 Å². The van der Waals surface area contributed by atoms with Gasteiger partial charge in [-0.3, -0.25) is 9.69 Å². The molecule has 0 unspecified atom stereocenters. The Morgan fingerprint density at radius 1 is 1.36 bits per heavy atom. The van der Waals surface area contributed by atoms with Crippen LogP contribution >= 0.6 is 0 Å². The summed E-state index contributed by atoms with van der Waals surface area (Å²) < 4.78 is 31.5. The van der Waals surface area contributed by atoms with Gasteiger partial charge in [-0.2, -0.15) is 0 Å². The number of ether oxygens (including phenoxy) is 1. The summed E-state index contributed by atoms with van der Waals surface area (Å²) in [4.78, 5) is 13.4. The Morgan fingerprint density at radius 2 is 2.05 bits per heavy atom. The number of carbonyl (C=O) groups is 1. The molecular weight excluding hydrogens is 304 g/mol. The van der Waals surface area contributed by atoms with Crippen LogP contribution in [-0.4, -0.2) is 52.1 Å². The number of nitrogens with zero attached hydrogens (tertiary/aromatic N) is 1. The van der Waals surface area contributed by atoms with Crippen molar-refractivity contribution in [3.8, 4) is 0 Å². The molecule has 1 aromatic rings. The van der Waals surface area contributed by atoms with E-state index in [1.54, 1.807) is 18.0 Å². The Balaban J connectivity index is 1.98. The minimum absolute atomic E-state index is 0.306. The Bertz CT molecular complexity index is 643. The van der Waals surface area contributed by atoms with Gasteiger partial charge >= 0.3 is 5.97 Å². The summed E-state index contributed by atoms with van der Waals surface area (Å²) in [5.74, 6) is -0.343. The van der Waals surface area contributed by atoms with Crippen LogP contribution in [0.3, 0.4) is 0 Å². The van der Waals surface area contributed by atoms with Crippen LogP contribution in [0.4, 0.5) is 0 Å². The molecule has 0 spiro atoms. The third-order valence-corrected chi connectivity index (χ3v) is 4.75. The number of likely N-dealkylation sites (tertiary alicyclic amines) is 1. The van der Waals surface area contributed by atoms with Crippen molar-refractivity contribution in [3.05, 3.63) is 41.3 Å². The molecule has 2 rings (SSSR count). The molecule has 1 fully saturated rings. The fourth-order valence-corrected chi connectivity index (χ4v) is 3.55. The lowest BCUT2D eigenvalue weighted by molar-refractivity contribution is -0.145. The highest BCUT2D eigenvalue weighted by Crippen LogP contribution is 2.18. The second-order valence-corrected chi connectivity index (χ2v) is 6.89. The molecule has 1 heterocycles. The minimum Gasteiger partial charge on any atom is -0.468 e. The Morgan fingerprint density at radius 3 is 2.68 bits per heavy atom. The Labute approximate surface area is 130 Å². The lowest BCUT2D eigenvalue weighted by atomic mass is 10.2. The molecule has 7 heteroatoms. The predicted octanol–water partition coefficient (Wildman–Crippen LogP) is 0.822. The summed E-state index contributed by atoms with van der Waals surface area (Å²) in [6.07, 6.45) is 1.94. The van der Waals surface area contributed by atoms with E-state index in [-0.39, 0.29) is 12.0 Å². The number of rotatable bonds is 5. The van der Waals surface area contributed by atoms with Crippen LogP contribution in [0.2, 0.25) is 0 Å². The van der Waals surface area contributed by atoms with E-state index < -0.39 is 16.1 Å². The average molecular weight is 324 g/mol. The topological polar surface area (TPSA) is 75.7 Å². The molecule has 1 aliphatic rings.